The summed E-state index contributed by atoms with van der Waals surface area (Å²) in [5, 5.41) is 3.51. The topological polar surface area (TPSA) is 12.0 Å². The minimum atomic E-state index is 0.506. The molecule has 0 spiro atoms. The van der Waals surface area contributed by atoms with E-state index >= 15 is 0 Å². The van der Waals surface area contributed by atoms with Gasteiger partial charge in [0.25, 0.3) is 0 Å². The molecule has 0 heterocycles. The Kier molecular flexibility index (Phi) is 4.39. The van der Waals surface area contributed by atoms with Crippen molar-refractivity contribution in [3.05, 3.63) is 59.2 Å². The van der Waals surface area contributed by atoms with Crippen molar-refractivity contribution in [1.82, 2.24) is 5.32 Å². The average molecular weight is 253 g/mol. The molecule has 0 aliphatic heterocycles. The number of rotatable bonds is 4. The van der Waals surface area contributed by atoms with E-state index in [1.807, 2.05) is 0 Å². The second-order valence-corrected chi connectivity index (χ2v) is 5.44. The SMILES string of the molecule is Cc1cccc(-c2ccccc2CNC(C)C)c1C. The predicted molar refractivity (Wildman–Crippen MR) is 83.3 cm³/mol. The summed E-state index contributed by atoms with van der Waals surface area (Å²) in [6.45, 7) is 9.66. The van der Waals surface area contributed by atoms with E-state index in [1.165, 1.54) is 27.8 Å². The minimum Gasteiger partial charge on any atom is -0.310 e. The molecule has 1 nitrogen and oxygen atoms in total. The van der Waals surface area contributed by atoms with Gasteiger partial charge in [-0.1, -0.05) is 56.3 Å². The second kappa shape index (κ2) is 6.03. The van der Waals surface area contributed by atoms with Crippen LogP contribution < -0.4 is 5.32 Å². The predicted octanol–water partition coefficient (Wildman–Crippen LogP) is 4.47. The van der Waals surface area contributed by atoms with Crippen molar-refractivity contribution in [2.75, 3.05) is 0 Å². The molecular weight excluding hydrogens is 230 g/mol. The lowest BCUT2D eigenvalue weighted by molar-refractivity contribution is 0.589. The first-order valence-corrected chi connectivity index (χ1v) is 6.97. The van der Waals surface area contributed by atoms with E-state index in [4.69, 9.17) is 0 Å². The van der Waals surface area contributed by atoms with Gasteiger partial charge in [-0.05, 0) is 41.7 Å². The maximum Gasteiger partial charge on any atom is 0.0214 e. The van der Waals surface area contributed by atoms with Crippen LogP contribution in [0.1, 0.15) is 30.5 Å². The lowest BCUT2D eigenvalue weighted by atomic mass is 9.93. The molecule has 2 rings (SSSR count). The summed E-state index contributed by atoms with van der Waals surface area (Å²) in [5.41, 5.74) is 6.78. The highest BCUT2D eigenvalue weighted by molar-refractivity contribution is 5.71. The third-order valence-electron chi connectivity index (χ3n) is 3.61. The molecule has 0 radical (unpaired) electrons. The Hall–Kier alpha value is -1.60. The lowest BCUT2D eigenvalue weighted by Crippen LogP contribution is -2.22. The fourth-order valence-electron chi connectivity index (χ4n) is 2.29. The molecule has 19 heavy (non-hydrogen) atoms. The van der Waals surface area contributed by atoms with Crippen molar-refractivity contribution in [2.24, 2.45) is 0 Å². The van der Waals surface area contributed by atoms with Crippen LogP contribution in [-0.2, 0) is 6.54 Å². The van der Waals surface area contributed by atoms with Crippen LogP contribution in [0.15, 0.2) is 42.5 Å². The van der Waals surface area contributed by atoms with Gasteiger partial charge in [0.15, 0.2) is 0 Å². The van der Waals surface area contributed by atoms with Gasteiger partial charge in [0.2, 0.25) is 0 Å². The van der Waals surface area contributed by atoms with E-state index in [1.54, 1.807) is 0 Å². The van der Waals surface area contributed by atoms with Crippen LogP contribution in [0.3, 0.4) is 0 Å². The summed E-state index contributed by atoms with van der Waals surface area (Å²) in [7, 11) is 0. The van der Waals surface area contributed by atoms with Gasteiger partial charge >= 0.3 is 0 Å². The molecule has 100 valence electrons. The van der Waals surface area contributed by atoms with Gasteiger partial charge in [-0.2, -0.15) is 0 Å². The zero-order valence-corrected chi connectivity index (χ0v) is 12.3. The van der Waals surface area contributed by atoms with Crippen molar-refractivity contribution in [3.63, 3.8) is 0 Å². The van der Waals surface area contributed by atoms with Crippen LogP contribution in [0.2, 0.25) is 0 Å². The second-order valence-electron chi connectivity index (χ2n) is 5.44. The van der Waals surface area contributed by atoms with E-state index in [2.05, 4.69) is 75.5 Å². The van der Waals surface area contributed by atoms with Crippen molar-refractivity contribution in [1.29, 1.82) is 0 Å². The van der Waals surface area contributed by atoms with Crippen LogP contribution in [0, 0.1) is 13.8 Å². The molecule has 0 bridgehead atoms. The van der Waals surface area contributed by atoms with Crippen LogP contribution >= 0.6 is 0 Å². The molecule has 0 saturated heterocycles. The zero-order valence-electron chi connectivity index (χ0n) is 12.3. The van der Waals surface area contributed by atoms with Crippen molar-refractivity contribution in [2.45, 2.75) is 40.3 Å². The first-order chi connectivity index (χ1) is 9.09. The molecule has 0 saturated carbocycles. The summed E-state index contributed by atoms with van der Waals surface area (Å²) in [5.74, 6) is 0. The molecule has 1 N–H and O–H groups in total. The summed E-state index contributed by atoms with van der Waals surface area (Å²) in [6.07, 6.45) is 0. The summed E-state index contributed by atoms with van der Waals surface area (Å²) in [4.78, 5) is 0. The molecule has 0 aliphatic carbocycles. The maximum atomic E-state index is 3.51. The first kappa shape index (κ1) is 13.8. The van der Waals surface area contributed by atoms with Crippen molar-refractivity contribution < 1.29 is 0 Å². The molecule has 2 aromatic rings. The largest absolute Gasteiger partial charge is 0.310 e. The van der Waals surface area contributed by atoms with Gasteiger partial charge in [-0.25, -0.2) is 0 Å². The van der Waals surface area contributed by atoms with Gasteiger partial charge in [-0.15, -0.1) is 0 Å². The highest BCUT2D eigenvalue weighted by atomic mass is 14.9. The Morgan fingerprint density at radius 2 is 1.58 bits per heavy atom. The van der Waals surface area contributed by atoms with E-state index in [0.717, 1.165) is 6.54 Å². The third kappa shape index (κ3) is 3.24. The zero-order chi connectivity index (χ0) is 13.8. The van der Waals surface area contributed by atoms with Crippen LogP contribution in [-0.4, -0.2) is 6.04 Å². The lowest BCUT2D eigenvalue weighted by Gasteiger charge is -2.15. The molecule has 0 unspecified atom stereocenters. The number of nitrogens with one attached hydrogen (secondary N) is 1. The third-order valence-corrected chi connectivity index (χ3v) is 3.61. The summed E-state index contributed by atoms with van der Waals surface area (Å²) >= 11 is 0. The molecule has 0 fully saturated rings. The molecular formula is C18H23N. The van der Waals surface area contributed by atoms with E-state index in [0.29, 0.717) is 6.04 Å². The highest BCUT2D eigenvalue weighted by Crippen LogP contribution is 2.28. The van der Waals surface area contributed by atoms with Crippen LogP contribution in [0.5, 0.6) is 0 Å². The number of aryl methyl sites for hydroxylation is 1. The summed E-state index contributed by atoms with van der Waals surface area (Å²) in [6, 6.07) is 15.7. The smallest absolute Gasteiger partial charge is 0.0214 e. The van der Waals surface area contributed by atoms with Crippen molar-refractivity contribution >= 4 is 0 Å². The van der Waals surface area contributed by atoms with E-state index in [9.17, 15) is 0 Å². The molecule has 2 aromatic carbocycles. The fraction of sp³-hybridized carbons (Fsp3) is 0.333. The number of benzene rings is 2. The van der Waals surface area contributed by atoms with Gasteiger partial charge < -0.3 is 5.32 Å². The minimum absolute atomic E-state index is 0.506. The number of hydrogen-bond acceptors (Lipinski definition) is 1. The number of hydrogen-bond donors (Lipinski definition) is 1. The van der Waals surface area contributed by atoms with Gasteiger partial charge in [-0.3, -0.25) is 0 Å². The van der Waals surface area contributed by atoms with Gasteiger partial charge in [0, 0.05) is 12.6 Å². The summed E-state index contributed by atoms with van der Waals surface area (Å²) < 4.78 is 0. The molecule has 1 heteroatoms. The Morgan fingerprint density at radius 3 is 2.32 bits per heavy atom. The Bertz CT molecular complexity index is 555. The highest BCUT2D eigenvalue weighted by Gasteiger charge is 2.08. The molecule has 0 aliphatic rings. The van der Waals surface area contributed by atoms with Crippen LogP contribution in [0.25, 0.3) is 11.1 Å². The Labute approximate surface area is 116 Å². The van der Waals surface area contributed by atoms with E-state index in [-0.39, 0.29) is 0 Å². The fourth-order valence-corrected chi connectivity index (χ4v) is 2.29. The Morgan fingerprint density at radius 1 is 0.895 bits per heavy atom. The van der Waals surface area contributed by atoms with E-state index < -0.39 is 0 Å². The Balaban J connectivity index is 2.41. The molecule has 0 amide bonds. The maximum absolute atomic E-state index is 3.51. The van der Waals surface area contributed by atoms with Crippen LogP contribution in [0.4, 0.5) is 0 Å². The van der Waals surface area contributed by atoms with Gasteiger partial charge in [0.1, 0.15) is 0 Å². The van der Waals surface area contributed by atoms with Crippen molar-refractivity contribution in [3.8, 4) is 11.1 Å². The monoisotopic (exact) mass is 253 g/mol. The van der Waals surface area contributed by atoms with Gasteiger partial charge in [0.05, 0.1) is 0 Å². The quantitative estimate of drug-likeness (QED) is 0.847. The first-order valence-electron chi connectivity index (χ1n) is 6.97. The standard InChI is InChI=1S/C18H23N/c1-13(2)19-12-16-9-5-6-10-18(16)17-11-7-8-14(3)15(17)4/h5-11,13,19H,12H2,1-4H3. The molecule has 0 aromatic heterocycles. The molecule has 0 atom stereocenters. The average Bonchev–Trinajstić information content (AvgIpc) is 2.40. The normalized spacial score (nSPS) is 11.0.